The van der Waals surface area contributed by atoms with Crippen LogP contribution in [0.15, 0.2) is 18.2 Å². The minimum absolute atomic E-state index is 0.112. The number of aryl methyl sites for hydroxylation is 1. The lowest BCUT2D eigenvalue weighted by molar-refractivity contribution is 0.0842. The molecule has 0 unspecified atom stereocenters. The minimum Gasteiger partial charge on any atom is -0.473 e. The molecule has 1 N–H and O–H groups in total. The van der Waals surface area contributed by atoms with Gasteiger partial charge in [-0.25, -0.2) is 9.59 Å². The predicted octanol–water partition coefficient (Wildman–Crippen LogP) is 2.12. The van der Waals surface area contributed by atoms with Crippen molar-refractivity contribution in [3.05, 3.63) is 29.3 Å². The van der Waals surface area contributed by atoms with Crippen LogP contribution in [0.2, 0.25) is 0 Å². The molecule has 0 saturated carbocycles. The third-order valence-electron chi connectivity index (χ3n) is 4.10. The lowest BCUT2D eigenvalue weighted by Crippen LogP contribution is -2.53. The number of urea groups is 1. The summed E-state index contributed by atoms with van der Waals surface area (Å²) in [7, 11) is 0. The Kier molecular flexibility index (Phi) is 6.28. The Morgan fingerprint density at radius 3 is 2.46 bits per heavy atom. The summed E-state index contributed by atoms with van der Waals surface area (Å²) in [4.78, 5) is 27.0. The Hall–Kier alpha value is -2.44. The number of amides is 3. The van der Waals surface area contributed by atoms with Crippen LogP contribution >= 0.6 is 0 Å². The Labute approximate surface area is 142 Å². The molecule has 0 atom stereocenters. The van der Waals surface area contributed by atoms with Gasteiger partial charge < -0.3 is 24.6 Å². The van der Waals surface area contributed by atoms with E-state index in [1.165, 1.54) is 0 Å². The second-order valence-corrected chi connectivity index (χ2v) is 5.64. The summed E-state index contributed by atoms with van der Waals surface area (Å²) in [6.45, 7) is 8.16. The number of piperazine rings is 1. The van der Waals surface area contributed by atoms with Crippen molar-refractivity contribution in [3.63, 3.8) is 0 Å². The average molecular weight is 335 g/mol. The van der Waals surface area contributed by atoms with Gasteiger partial charge in [0.05, 0.1) is 6.61 Å². The number of nitrogens with one attached hydrogen (secondary N) is 1. The van der Waals surface area contributed by atoms with Crippen LogP contribution in [0.5, 0.6) is 5.75 Å². The highest BCUT2D eigenvalue weighted by Gasteiger charge is 2.24. The van der Waals surface area contributed by atoms with Gasteiger partial charge in [-0.3, -0.25) is 0 Å². The molecule has 0 bridgehead atoms. The van der Waals surface area contributed by atoms with E-state index in [1.807, 2.05) is 32.0 Å². The maximum absolute atomic E-state index is 12.1. The first kappa shape index (κ1) is 17.9. The lowest BCUT2D eigenvalue weighted by atomic mass is 10.1. The zero-order valence-electron chi connectivity index (χ0n) is 14.5. The smallest absolute Gasteiger partial charge is 0.409 e. The molecule has 0 spiro atoms. The summed E-state index contributed by atoms with van der Waals surface area (Å²) in [5, 5.41) is 2.75. The van der Waals surface area contributed by atoms with Crippen molar-refractivity contribution in [1.29, 1.82) is 0 Å². The highest BCUT2D eigenvalue weighted by molar-refractivity contribution is 5.74. The third-order valence-corrected chi connectivity index (χ3v) is 4.10. The van der Waals surface area contributed by atoms with Crippen LogP contribution in [0.1, 0.15) is 18.1 Å². The summed E-state index contributed by atoms with van der Waals surface area (Å²) < 4.78 is 10.6. The summed E-state index contributed by atoms with van der Waals surface area (Å²) in [6, 6.07) is 5.63. The molecule has 1 aromatic rings. The Morgan fingerprint density at radius 1 is 1.12 bits per heavy atom. The number of carbonyl (C=O) groups excluding carboxylic acids is 2. The van der Waals surface area contributed by atoms with E-state index in [-0.39, 0.29) is 18.9 Å². The normalized spacial score (nSPS) is 14.3. The van der Waals surface area contributed by atoms with Gasteiger partial charge in [0.1, 0.15) is 5.75 Å². The van der Waals surface area contributed by atoms with Crippen LogP contribution in [0.4, 0.5) is 9.59 Å². The van der Waals surface area contributed by atoms with Crippen LogP contribution < -0.4 is 10.1 Å². The number of carbonyl (C=O) groups is 2. The van der Waals surface area contributed by atoms with E-state index in [4.69, 9.17) is 9.47 Å². The van der Waals surface area contributed by atoms with Crippen LogP contribution in [0.3, 0.4) is 0 Å². The predicted molar refractivity (Wildman–Crippen MR) is 90.1 cm³/mol. The zero-order chi connectivity index (χ0) is 17.5. The molecule has 1 heterocycles. The number of nitrogens with zero attached hydrogens (tertiary/aromatic N) is 2. The molecule has 1 aliphatic rings. The summed E-state index contributed by atoms with van der Waals surface area (Å²) in [5.74, 6) is 0.766. The standard InChI is InChI=1S/C17H25N3O4/c1-4-23-17(22)20-10-8-19(9-11-20)16(21)18-12-24-15-7-5-6-13(2)14(15)3/h5-7H,4,8-12H2,1-3H3,(H,18,21). The van der Waals surface area contributed by atoms with Crippen molar-refractivity contribution in [2.24, 2.45) is 0 Å². The van der Waals surface area contributed by atoms with Crippen LogP contribution in [0, 0.1) is 13.8 Å². The summed E-state index contributed by atoms with van der Waals surface area (Å²) in [6.07, 6.45) is -0.323. The van der Waals surface area contributed by atoms with Gasteiger partial charge in [0.25, 0.3) is 0 Å². The molecule has 132 valence electrons. The van der Waals surface area contributed by atoms with Crippen LogP contribution in [0.25, 0.3) is 0 Å². The van der Waals surface area contributed by atoms with Crippen molar-refractivity contribution in [2.45, 2.75) is 20.8 Å². The van der Waals surface area contributed by atoms with E-state index in [1.54, 1.807) is 16.7 Å². The fourth-order valence-corrected chi connectivity index (χ4v) is 2.47. The molecule has 1 aliphatic heterocycles. The highest BCUT2D eigenvalue weighted by Crippen LogP contribution is 2.20. The second-order valence-electron chi connectivity index (χ2n) is 5.64. The Bertz CT molecular complexity index is 583. The lowest BCUT2D eigenvalue weighted by Gasteiger charge is -2.33. The molecule has 1 saturated heterocycles. The quantitative estimate of drug-likeness (QED) is 0.856. The number of hydrogen-bond donors (Lipinski definition) is 1. The van der Waals surface area contributed by atoms with Gasteiger partial charge in [0.15, 0.2) is 6.73 Å². The zero-order valence-corrected chi connectivity index (χ0v) is 14.5. The first-order chi connectivity index (χ1) is 11.5. The monoisotopic (exact) mass is 335 g/mol. The molecule has 0 aromatic heterocycles. The first-order valence-corrected chi connectivity index (χ1v) is 8.16. The largest absolute Gasteiger partial charge is 0.473 e. The number of rotatable bonds is 4. The Balaban J connectivity index is 1.74. The van der Waals surface area contributed by atoms with Gasteiger partial charge in [0.2, 0.25) is 0 Å². The highest BCUT2D eigenvalue weighted by atomic mass is 16.6. The van der Waals surface area contributed by atoms with Crippen molar-refractivity contribution in [2.75, 3.05) is 39.5 Å². The van der Waals surface area contributed by atoms with E-state index in [9.17, 15) is 9.59 Å². The average Bonchev–Trinajstić information content (AvgIpc) is 2.59. The molecule has 7 heteroatoms. The van der Waals surface area contributed by atoms with E-state index < -0.39 is 0 Å². The maximum Gasteiger partial charge on any atom is 0.409 e. The SMILES string of the molecule is CCOC(=O)N1CCN(C(=O)NCOc2cccc(C)c2C)CC1. The fraction of sp³-hybridized carbons (Fsp3) is 0.529. The van der Waals surface area contributed by atoms with Gasteiger partial charge >= 0.3 is 12.1 Å². The van der Waals surface area contributed by atoms with E-state index in [2.05, 4.69) is 5.32 Å². The number of benzene rings is 1. The van der Waals surface area contributed by atoms with Gasteiger partial charge in [-0.05, 0) is 38.0 Å². The van der Waals surface area contributed by atoms with Crippen molar-refractivity contribution < 1.29 is 19.1 Å². The minimum atomic E-state index is -0.323. The van der Waals surface area contributed by atoms with E-state index in [0.717, 1.165) is 16.9 Å². The van der Waals surface area contributed by atoms with E-state index >= 15 is 0 Å². The molecule has 24 heavy (non-hydrogen) atoms. The third kappa shape index (κ3) is 4.53. The molecule has 2 rings (SSSR count). The molecule has 1 fully saturated rings. The molecular formula is C17H25N3O4. The van der Waals surface area contributed by atoms with Gasteiger partial charge in [-0.1, -0.05) is 12.1 Å². The topological polar surface area (TPSA) is 71.1 Å². The molecular weight excluding hydrogens is 310 g/mol. The first-order valence-electron chi connectivity index (χ1n) is 8.16. The van der Waals surface area contributed by atoms with Gasteiger partial charge in [-0.15, -0.1) is 0 Å². The van der Waals surface area contributed by atoms with Gasteiger partial charge in [0, 0.05) is 26.2 Å². The van der Waals surface area contributed by atoms with E-state index in [0.29, 0.717) is 32.8 Å². The molecule has 7 nitrogen and oxygen atoms in total. The summed E-state index contributed by atoms with van der Waals surface area (Å²) >= 11 is 0. The van der Waals surface area contributed by atoms with Crippen LogP contribution in [-0.4, -0.2) is 61.4 Å². The van der Waals surface area contributed by atoms with Gasteiger partial charge in [-0.2, -0.15) is 0 Å². The number of ether oxygens (including phenoxy) is 2. The second kappa shape index (κ2) is 8.42. The molecule has 3 amide bonds. The van der Waals surface area contributed by atoms with Crippen LogP contribution in [-0.2, 0) is 4.74 Å². The Morgan fingerprint density at radius 2 is 1.79 bits per heavy atom. The summed E-state index contributed by atoms with van der Waals surface area (Å²) in [5.41, 5.74) is 2.21. The number of hydrogen-bond acceptors (Lipinski definition) is 4. The van der Waals surface area contributed by atoms with Crippen molar-refractivity contribution in [3.8, 4) is 5.75 Å². The van der Waals surface area contributed by atoms with Crippen molar-refractivity contribution >= 4 is 12.1 Å². The maximum atomic E-state index is 12.1. The van der Waals surface area contributed by atoms with Crippen molar-refractivity contribution in [1.82, 2.24) is 15.1 Å². The molecule has 0 radical (unpaired) electrons. The molecule has 1 aromatic carbocycles. The molecule has 0 aliphatic carbocycles. The fourth-order valence-electron chi connectivity index (χ4n) is 2.47.